The van der Waals surface area contributed by atoms with Gasteiger partial charge in [0.2, 0.25) is 0 Å². The van der Waals surface area contributed by atoms with Crippen LogP contribution in [-0.4, -0.2) is 41.3 Å². The van der Waals surface area contributed by atoms with E-state index in [4.69, 9.17) is 9.26 Å². The fourth-order valence-corrected chi connectivity index (χ4v) is 1.97. The molecule has 0 aliphatic carbocycles. The van der Waals surface area contributed by atoms with Crippen LogP contribution in [0.25, 0.3) is 0 Å². The normalized spacial score (nSPS) is 25.8. The highest BCUT2D eigenvalue weighted by Gasteiger charge is 2.27. The molecule has 0 saturated carbocycles. The molecule has 5 heteroatoms. The van der Waals surface area contributed by atoms with Gasteiger partial charge in [-0.25, -0.2) is 0 Å². The topological polar surface area (TPSA) is 55.6 Å². The smallest absolute Gasteiger partial charge is 0.276 e. The van der Waals surface area contributed by atoms with Gasteiger partial charge in [0.15, 0.2) is 5.69 Å². The Morgan fingerprint density at radius 1 is 1.44 bits per heavy atom. The van der Waals surface area contributed by atoms with Crippen LogP contribution in [0.4, 0.5) is 0 Å². The number of carbonyl (C=O) groups is 1. The molecule has 2 atom stereocenters. The monoisotopic (exact) mass is 224 g/mol. The van der Waals surface area contributed by atoms with Crippen molar-refractivity contribution in [1.29, 1.82) is 0 Å². The van der Waals surface area contributed by atoms with Crippen molar-refractivity contribution in [2.75, 3.05) is 13.1 Å². The van der Waals surface area contributed by atoms with Crippen molar-refractivity contribution < 1.29 is 14.1 Å². The molecule has 1 aliphatic heterocycles. The first kappa shape index (κ1) is 11.1. The van der Waals surface area contributed by atoms with Crippen LogP contribution in [0.1, 0.15) is 30.1 Å². The summed E-state index contributed by atoms with van der Waals surface area (Å²) in [5.41, 5.74) is 0.374. The second-order valence-corrected chi connectivity index (χ2v) is 4.29. The molecule has 2 rings (SSSR count). The lowest BCUT2D eigenvalue weighted by Crippen LogP contribution is -2.48. The molecule has 0 N–H and O–H groups in total. The number of carbonyl (C=O) groups excluding carboxylic acids is 1. The summed E-state index contributed by atoms with van der Waals surface area (Å²) in [5, 5.41) is 3.73. The van der Waals surface area contributed by atoms with Gasteiger partial charge in [0.05, 0.1) is 12.2 Å². The van der Waals surface area contributed by atoms with Crippen LogP contribution < -0.4 is 0 Å². The van der Waals surface area contributed by atoms with E-state index in [1.165, 1.54) is 0 Å². The van der Waals surface area contributed by atoms with E-state index in [2.05, 4.69) is 5.16 Å². The zero-order chi connectivity index (χ0) is 11.7. The first-order valence-corrected chi connectivity index (χ1v) is 5.44. The van der Waals surface area contributed by atoms with E-state index in [-0.39, 0.29) is 18.1 Å². The van der Waals surface area contributed by atoms with E-state index in [1.54, 1.807) is 17.9 Å². The van der Waals surface area contributed by atoms with Crippen molar-refractivity contribution in [3.8, 4) is 0 Å². The summed E-state index contributed by atoms with van der Waals surface area (Å²) in [6.45, 7) is 6.91. The predicted molar refractivity (Wildman–Crippen MR) is 57.2 cm³/mol. The lowest BCUT2D eigenvalue weighted by atomic mass is 10.2. The Hall–Kier alpha value is -1.36. The van der Waals surface area contributed by atoms with Gasteiger partial charge in [-0.15, -0.1) is 0 Å². The number of aromatic nitrogens is 1. The standard InChI is InChI=1S/C11H16N2O3/c1-7-4-10(12-16-7)11(14)13-5-8(2)15-9(3)6-13/h4,8-9H,5-6H2,1-3H3/t8-,9-/m0/s1. The molecule has 1 aromatic heterocycles. The van der Waals surface area contributed by atoms with Crippen LogP contribution in [0.2, 0.25) is 0 Å². The maximum absolute atomic E-state index is 12.1. The second kappa shape index (κ2) is 4.25. The zero-order valence-corrected chi connectivity index (χ0v) is 9.77. The largest absolute Gasteiger partial charge is 0.372 e. The summed E-state index contributed by atoms with van der Waals surface area (Å²) >= 11 is 0. The third kappa shape index (κ3) is 2.24. The third-order valence-corrected chi connectivity index (χ3v) is 2.55. The SMILES string of the molecule is Cc1cc(C(=O)N2C[C@H](C)O[C@@H](C)C2)no1. The minimum atomic E-state index is -0.0844. The van der Waals surface area contributed by atoms with E-state index in [9.17, 15) is 4.79 Å². The molecule has 5 nitrogen and oxygen atoms in total. The highest BCUT2D eigenvalue weighted by molar-refractivity contribution is 5.92. The minimum Gasteiger partial charge on any atom is -0.372 e. The van der Waals surface area contributed by atoms with Gasteiger partial charge in [-0.05, 0) is 20.8 Å². The van der Waals surface area contributed by atoms with Gasteiger partial charge in [-0.1, -0.05) is 5.16 Å². The van der Waals surface area contributed by atoms with Crippen LogP contribution in [0.15, 0.2) is 10.6 Å². The van der Waals surface area contributed by atoms with Crippen molar-refractivity contribution in [2.45, 2.75) is 33.0 Å². The molecular formula is C11H16N2O3. The number of hydrogen-bond donors (Lipinski definition) is 0. The van der Waals surface area contributed by atoms with E-state index in [0.717, 1.165) is 0 Å². The Labute approximate surface area is 94.3 Å². The molecular weight excluding hydrogens is 208 g/mol. The molecule has 1 fully saturated rings. The van der Waals surface area contributed by atoms with Crippen LogP contribution in [0, 0.1) is 6.92 Å². The highest BCUT2D eigenvalue weighted by Crippen LogP contribution is 2.14. The summed E-state index contributed by atoms with van der Waals surface area (Å²) in [7, 11) is 0. The highest BCUT2D eigenvalue weighted by atomic mass is 16.5. The molecule has 2 heterocycles. The van der Waals surface area contributed by atoms with Gasteiger partial charge in [0.1, 0.15) is 5.76 Å². The number of nitrogens with zero attached hydrogens (tertiary/aromatic N) is 2. The lowest BCUT2D eigenvalue weighted by Gasteiger charge is -2.34. The third-order valence-electron chi connectivity index (χ3n) is 2.55. The average Bonchev–Trinajstić information content (AvgIpc) is 2.62. The summed E-state index contributed by atoms with van der Waals surface area (Å²) in [5.74, 6) is 0.566. The molecule has 1 amide bonds. The van der Waals surface area contributed by atoms with Crippen molar-refractivity contribution in [2.24, 2.45) is 0 Å². The van der Waals surface area contributed by atoms with E-state index < -0.39 is 0 Å². The molecule has 0 radical (unpaired) electrons. The Bertz CT molecular complexity index is 378. The Balaban J connectivity index is 2.09. The Morgan fingerprint density at radius 3 is 2.56 bits per heavy atom. The number of aryl methyl sites for hydroxylation is 1. The predicted octanol–water partition coefficient (Wildman–Crippen LogP) is 1.23. The molecule has 0 unspecified atom stereocenters. The first-order valence-electron chi connectivity index (χ1n) is 5.44. The van der Waals surface area contributed by atoms with E-state index in [1.807, 2.05) is 13.8 Å². The van der Waals surface area contributed by atoms with Gasteiger partial charge < -0.3 is 14.2 Å². The van der Waals surface area contributed by atoms with Crippen LogP contribution >= 0.6 is 0 Å². The van der Waals surface area contributed by atoms with E-state index >= 15 is 0 Å². The van der Waals surface area contributed by atoms with Crippen LogP contribution in [0.3, 0.4) is 0 Å². The molecule has 1 aliphatic rings. The number of rotatable bonds is 1. The summed E-state index contributed by atoms with van der Waals surface area (Å²) in [6.07, 6.45) is 0.140. The number of amides is 1. The quantitative estimate of drug-likeness (QED) is 0.720. The maximum Gasteiger partial charge on any atom is 0.276 e. The molecule has 16 heavy (non-hydrogen) atoms. The van der Waals surface area contributed by atoms with Crippen LogP contribution in [-0.2, 0) is 4.74 Å². The lowest BCUT2D eigenvalue weighted by molar-refractivity contribution is -0.0588. The number of morpholine rings is 1. The fourth-order valence-electron chi connectivity index (χ4n) is 1.97. The molecule has 0 aromatic carbocycles. The van der Waals surface area contributed by atoms with Gasteiger partial charge in [-0.3, -0.25) is 4.79 Å². The number of hydrogen-bond acceptors (Lipinski definition) is 4. The van der Waals surface area contributed by atoms with Crippen molar-refractivity contribution in [3.63, 3.8) is 0 Å². The van der Waals surface area contributed by atoms with Crippen molar-refractivity contribution in [1.82, 2.24) is 10.1 Å². The zero-order valence-electron chi connectivity index (χ0n) is 9.77. The van der Waals surface area contributed by atoms with Crippen LogP contribution in [0.5, 0.6) is 0 Å². The molecule has 1 aromatic rings. The average molecular weight is 224 g/mol. The van der Waals surface area contributed by atoms with Crippen molar-refractivity contribution >= 4 is 5.91 Å². The van der Waals surface area contributed by atoms with Gasteiger partial charge in [0.25, 0.3) is 5.91 Å². The molecule has 0 spiro atoms. The summed E-state index contributed by atoms with van der Waals surface area (Å²) in [6, 6.07) is 1.66. The van der Waals surface area contributed by atoms with Crippen molar-refractivity contribution in [3.05, 3.63) is 17.5 Å². The Kier molecular flexibility index (Phi) is 2.96. The maximum atomic E-state index is 12.1. The van der Waals surface area contributed by atoms with E-state index in [0.29, 0.717) is 24.5 Å². The van der Waals surface area contributed by atoms with Gasteiger partial charge >= 0.3 is 0 Å². The second-order valence-electron chi connectivity index (χ2n) is 4.29. The molecule has 88 valence electrons. The molecule has 0 bridgehead atoms. The Morgan fingerprint density at radius 2 is 2.06 bits per heavy atom. The minimum absolute atomic E-state index is 0.0701. The summed E-state index contributed by atoms with van der Waals surface area (Å²) in [4.78, 5) is 13.8. The fraction of sp³-hybridized carbons (Fsp3) is 0.636. The van der Waals surface area contributed by atoms with Gasteiger partial charge in [0, 0.05) is 19.2 Å². The summed E-state index contributed by atoms with van der Waals surface area (Å²) < 4.78 is 10.5. The molecule has 1 saturated heterocycles. The number of ether oxygens (including phenoxy) is 1. The first-order chi connectivity index (χ1) is 7.56. The van der Waals surface area contributed by atoms with Gasteiger partial charge in [-0.2, -0.15) is 0 Å².